The Morgan fingerprint density at radius 3 is 2.44 bits per heavy atom. The number of aromatic nitrogens is 1. The predicted octanol–water partition coefficient (Wildman–Crippen LogP) is 3.08. The maximum Gasteiger partial charge on any atom is 0.255 e. The van der Waals surface area contributed by atoms with E-state index < -0.39 is 0 Å². The van der Waals surface area contributed by atoms with Crippen LogP contribution in [-0.2, 0) is 6.42 Å². The number of hydrogen-bond donors (Lipinski definition) is 2. The standard InChI is InChI=1S/C21H25N5O/c22-19(23)15-6-8-18(9-7-15)26-12-4-5-16-13-17(14-24-20(16)26)21(27)25-10-2-1-3-11-25/h6-9,13-14H,1-5,10-12H2,(H3,22,23). The zero-order chi connectivity index (χ0) is 18.8. The normalized spacial score (nSPS) is 16.7. The Labute approximate surface area is 159 Å². The van der Waals surface area contributed by atoms with Gasteiger partial charge in [0.25, 0.3) is 5.91 Å². The third kappa shape index (κ3) is 3.52. The number of pyridine rings is 1. The number of nitrogen functional groups attached to an aromatic ring is 1. The lowest BCUT2D eigenvalue weighted by atomic mass is 10.0. The first kappa shape index (κ1) is 17.5. The molecule has 1 saturated heterocycles. The van der Waals surface area contributed by atoms with Crippen molar-refractivity contribution >= 4 is 23.2 Å². The van der Waals surface area contributed by atoms with Crippen molar-refractivity contribution in [3.63, 3.8) is 0 Å². The molecular weight excluding hydrogens is 338 g/mol. The van der Waals surface area contributed by atoms with Crippen molar-refractivity contribution < 1.29 is 4.79 Å². The molecule has 140 valence electrons. The molecule has 3 N–H and O–H groups in total. The SMILES string of the molecule is N=C(N)c1ccc(N2CCCc3cc(C(=O)N4CCCCC4)cnc32)cc1. The first-order chi connectivity index (χ1) is 13.1. The summed E-state index contributed by atoms with van der Waals surface area (Å²) in [5.41, 5.74) is 9.12. The Morgan fingerprint density at radius 2 is 1.74 bits per heavy atom. The van der Waals surface area contributed by atoms with Crippen molar-refractivity contribution in [2.24, 2.45) is 5.73 Å². The Hall–Kier alpha value is -2.89. The maximum absolute atomic E-state index is 12.8. The minimum absolute atomic E-state index is 0.0691. The molecule has 2 aliphatic heterocycles. The fourth-order valence-electron chi connectivity index (χ4n) is 3.93. The summed E-state index contributed by atoms with van der Waals surface area (Å²) in [7, 11) is 0. The van der Waals surface area contributed by atoms with Gasteiger partial charge in [-0.2, -0.15) is 0 Å². The molecule has 0 bridgehead atoms. The molecule has 27 heavy (non-hydrogen) atoms. The summed E-state index contributed by atoms with van der Waals surface area (Å²) >= 11 is 0. The molecule has 0 radical (unpaired) electrons. The van der Waals surface area contributed by atoms with Crippen LogP contribution >= 0.6 is 0 Å². The van der Waals surface area contributed by atoms with Gasteiger partial charge < -0.3 is 15.5 Å². The largest absolute Gasteiger partial charge is 0.384 e. The lowest BCUT2D eigenvalue weighted by Gasteiger charge is -2.31. The topological polar surface area (TPSA) is 86.3 Å². The number of aryl methyl sites for hydroxylation is 1. The number of amidine groups is 1. The van der Waals surface area contributed by atoms with E-state index in [0.29, 0.717) is 11.1 Å². The molecule has 6 heteroatoms. The molecular formula is C21H25N5O. The van der Waals surface area contributed by atoms with Crippen molar-refractivity contribution in [1.82, 2.24) is 9.88 Å². The van der Waals surface area contributed by atoms with Gasteiger partial charge in [-0.1, -0.05) is 0 Å². The number of anilines is 2. The molecule has 1 amide bonds. The van der Waals surface area contributed by atoms with Crippen LogP contribution in [-0.4, -0.2) is 41.3 Å². The molecule has 1 fully saturated rings. The van der Waals surface area contributed by atoms with Gasteiger partial charge in [-0.25, -0.2) is 4.98 Å². The summed E-state index contributed by atoms with van der Waals surface area (Å²) < 4.78 is 0. The Bertz CT molecular complexity index is 855. The van der Waals surface area contributed by atoms with Gasteiger partial charge in [-0.05, 0) is 68.0 Å². The minimum atomic E-state index is 0.0691. The minimum Gasteiger partial charge on any atom is -0.384 e. The molecule has 0 spiro atoms. The fraction of sp³-hybridized carbons (Fsp3) is 0.381. The molecule has 2 aromatic rings. The summed E-state index contributed by atoms with van der Waals surface area (Å²) in [6, 6.07) is 9.69. The number of nitrogens with one attached hydrogen (secondary N) is 1. The first-order valence-corrected chi connectivity index (χ1v) is 9.64. The average molecular weight is 363 g/mol. The number of benzene rings is 1. The fourth-order valence-corrected chi connectivity index (χ4v) is 3.93. The number of amides is 1. The van der Waals surface area contributed by atoms with Gasteiger partial charge in [-0.3, -0.25) is 10.2 Å². The van der Waals surface area contributed by atoms with Gasteiger partial charge in [-0.15, -0.1) is 0 Å². The van der Waals surface area contributed by atoms with Gasteiger partial charge in [0.15, 0.2) is 0 Å². The van der Waals surface area contributed by atoms with E-state index in [4.69, 9.17) is 11.1 Å². The molecule has 4 rings (SSSR count). The third-order valence-corrected chi connectivity index (χ3v) is 5.41. The number of carbonyl (C=O) groups excluding carboxylic acids is 1. The molecule has 1 aromatic heterocycles. The third-order valence-electron chi connectivity index (χ3n) is 5.41. The van der Waals surface area contributed by atoms with Gasteiger partial charge in [0.1, 0.15) is 11.7 Å². The van der Waals surface area contributed by atoms with Crippen molar-refractivity contribution in [2.75, 3.05) is 24.5 Å². The van der Waals surface area contributed by atoms with E-state index in [0.717, 1.165) is 62.4 Å². The average Bonchev–Trinajstić information content (AvgIpc) is 2.73. The molecule has 0 unspecified atom stereocenters. The number of rotatable bonds is 3. The summed E-state index contributed by atoms with van der Waals surface area (Å²) in [5, 5.41) is 7.53. The molecule has 0 atom stereocenters. The van der Waals surface area contributed by atoms with E-state index in [2.05, 4.69) is 9.88 Å². The molecule has 6 nitrogen and oxygen atoms in total. The Morgan fingerprint density at radius 1 is 1.00 bits per heavy atom. The lowest BCUT2D eigenvalue weighted by Crippen LogP contribution is -2.36. The highest BCUT2D eigenvalue weighted by atomic mass is 16.2. The van der Waals surface area contributed by atoms with Crippen LogP contribution in [0.2, 0.25) is 0 Å². The second kappa shape index (κ2) is 7.39. The van der Waals surface area contributed by atoms with Crippen LogP contribution < -0.4 is 10.6 Å². The van der Waals surface area contributed by atoms with E-state index in [9.17, 15) is 4.79 Å². The van der Waals surface area contributed by atoms with E-state index in [1.807, 2.05) is 35.2 Å². The highest BCUT2D eigenvalue weighted by molar-refractivity contribution is 5.95. The van der Waals surface area contributed by atoms with Crippen LogP contribution in [0.4, 0.5) is 11.5 Å². The monoisotopic (exact) mass is 363 g/mol. The van der Waals surface area contributed by atoms with E-state index in [1.54, 1.807) is 6.20 Å². The number of likely N-dealkylation sites (tertiary alicyclic amines) is 1. The summed E-state index contributed by atoms with van der Waals surface area (Å²) in [4.78, 5) is 21.6. The number of nitrogens with two attached hydrogens (primary N) is 1. The molecule has 1 aromatic carbocycles. The summed E-state index contributed by atoms with van der Waals surface area (Å²) in [6.45, 7) is 2.59. The maximum atomic E-state index is 12.8. The van der Waals surface area contributed by atoms with Crippen molar-refractivity contribution in [2.45, 2.75) is 32.1 Å². The number of nitrogens with zero attached hydrogens (tertiary/aromatic N) is 3. The van der Waals surface area contributed by atoms with Crippen LogP contribution in [0, 0.1) is 5.41 Å². The molecule has 3 heterocycles. The van der Waals surface area contributed by atoms with E-state index >= 15 is 0 Å². The zero-order valence-electron chi connectivity index (χ0n) is 15.4. The lowest BCUT2D eigenvalue weighted by molar-refractivity contribution is 0.0724. The van der Waals surface area contributed by atoms with Gasteiger partial charge >= 0.3 is 0 Å². The van der Waals surface area contributed by atoms with Crippen LogP contribution in [0.25, 0.3) is 0 Å². The number of hydrogen-bond acceptors (Lipinski definition) is 4. The molecule has 0 aliphatic carbocycles. The smallest absolute Gasteiger partial charge is 0.255 e. The summed E-state index contributed by atoms with van der Waals surface area (Å²) in [6.07, 6.45) is 7.07. The predicted molar refractivity (Wildman–Crippen MR) is 107 cm³/mol. The first-order valence-electron chi connectivity index (χ1n) is 9.64. The van der Waals surface area contributed by atoms with Crippen LogP contribution in [0.15, 0.2) is 36.5 Å². The highest BCUT2D eigenvalue weighted by Crippen LogP contribution is 2.32. The van der Waals surface area contributed by atoms with Crippen molar-refractivity contribution in [3.05, 3.63) is 53.2 Å². The van der Waals surface area contributed by atoms with Gasteiger partial charge in [0.05, 0.1) is 5.56 Å². The quantitative estimate of drug-likeness (QED) is 0.648. The molecule has 0 saturated carbocycles. The Kier molecular flexibility index (Phi) is 4.79. The second-order valence-electron chi connectivity index (χ2n) is 7.28. The van der Waals surface area contributed by atoms with Gasteiger partial charge in [0, 0.05) is 37.1 Å². The second-order valence-corrected chi connectivity index (χ2v) is 7.28. The molecule has 2 aliphatic rings. The van der Waals surface area contributed by atoms with E-state index in [-0.39, 0.29) is 11.7 Å². The highest BCUT2D eigenvalue weighted by Gasteiger charge is 2.24. The Balaban J connectivity index is 1.59. The van der Waals surface area contributed by atoms with Crippen molar-refractivity contribution in [3.8, 4) is 0 Å². The zero-order valence-corrected chi connectivity index (χ0v) is 15.4. The van der Waals surface area contributed by atoms with Crippen LogP contribution in [0.3, 0.4) is 0 Å². The number of carbonyl (C=O) groups is 1. The van der Waals surface area contributed by atoms with Gasteiger partial charge in [0.2, 0.25) is 0 Å². The number of fused-ring (bicyclic) bond motifs is 1. The van der Waals surface area contributed by atoms with Crippen LogP contribution in [0.5, 0.6) is 0 Å². The van der Waals surface area contributed by atoms with Crippen LogP contribution in [0.1, 0.15) is 47.2 Å². The number of piperidine rings is 1. The van der Waals surface area contributed by atoms with Crippen molar-refractivity contribution in [1.29, 1.82) is 5.41 Å². The summed E-state index contributed by atoms with van der Waals surface area (Å²) in [5.74, 6) is 1.10. The van der Waals surface area contributed by atoms with E-state index in [1.165, 1.54) is 6.42 Å².